The number of halogens is 4. The van der Waals surface area contributed by atoms with Crippen molar-refractivity contribution in [3.05, 3.63) is 52.3 Å². The van der Waals surface area contributed by atoms with Gasteiger partial charge in [-0.1, -0.05) is 25.4 Å². The molecule has 0 amide bonds. The summed E-state index contributed by atoms with van der Waals surface area (Å²) in [5.74, 6) is 0.825. The zero-order chi connectivity index (χ0) is 22.6. The van der Waals surface area contributed by atoms with Gasteiger partial charge in [-0.3, -0.25) is 0 Å². The summed E-state index contributed by atoms with van der Waals surface area (Å²) in [5, 5.41) is 12.0. The predicted molar refractivity (Wildman–Crippen MR) is 114 cm³/mol. The maximum Gasteiger partial charge on any atom is 0.417 e. The molecule has 0 saturated carbocycles. The number of H-pyrrole nitrogens is 1. The Labute approximate surface area is 182 Å². The van der Waals surface area contributed by atoms with E-state index in [0.717, 1.165) is 5.56 Å². The van der Waals surface area contributed by atoms with E-state index in [4.69, 9.17) is 22.1 Å². The second kappa shape index (κ2) is 7.31. The number of alkyl halides is 3. The van der Waals surface area contributed by atoms with Crippen molar-refractivity contribution in [3.8, 4) is 5.75 Å². The number of hydrogen-bond acceptors (Lipinski definition) is 4. The first kappa shape index (κ1) is 21.8. The number of hydrogen-bond donors (Lipinski definition) is 3. The normalized spacial score (nSPS) is 16.2. The Kier molecular flexibility index (Phi) is 5.13. The van der Waals surface area contributed by atoms with Crippen LogP contribution in [-0.4, -0.2) is 33.5 Å². The number of fused-ring (bicyclic) bond motifs is 2. The van der Waals surface area contributed by atoms with Crippen molar-refractivity contribution in [1.29, 1.82) is 0 Å². The van der Waals surface area contributed by atoms with Gasteiger partial charge in [-0.2, -0.15) is 13.2 Å². The van der Waals surface area contributed by atoms with Crippen molar-refractivity contribution in [1.82, 2.24) is 9.97 Å². The van der Waals surface area contributed by atoms with E-state index in [2.05, 4.69) is 9.97 Å². The Morgan fingerprint density at radius 1 is 1.23 bits per heavy atom. The van der Waals surface area contributed by atoms with Crippen LogP contribution in [0.2, 0.25) is 5.02 Å². The first-order valence-electron chi connectivity index (χ1n) is 9.86. The number of nitrogen functional groups attached to an aromatic ring is 1. The molecule has 4 N–H and O–H groups in total. The molecule has 1 unspecified atom stereocenters. The number of nitrogens with one attached hydrogen (secondary N) is 1. The van der Waals surface area contributed by atoms with Crippen LogP contribution >= 0.6 is 11.6 Å². The fourth-order valence-corrected chi connectivity index (χ4v) is 4.62. The molecule has 0 fully saturated rings. The van der Waals surface area contributed by atoms with Crippen molar-refractivity contribution in [3.63, 3.8) is 0 Å². The van der Waals surface area contributed by atoms with Gasteiger partial charge in [0.2, 0.25) is 0 Å². The van der Waals surface area contributed by atoms with Gasteiger partial charge in [0.05, 0.1) is 18.3 Å². The Morgan fingerprint density at radius 3 is 2.68 bits per heavy atom. The van der Waals surface area contributed by atoms with Crippen LogP contribution in [0.15, 0.2) is 30.5 Å². The second-order valence-corrected chi connectivity index (χ2v) is 9.23. The smallest absolute Gasteiger partial charge is 0.417 e. The fraction of sp³-hybridized carbons (Fsp3) is 0.409. The van der Waals surface area contributed by atoms with Gasteiger partial charge in [-0.05, 0) is 41.7 Å². The summed E-state index contributed by atoms with van der Waals surface area (Å²) in [6.45, 7) is 3.77. The van der Waals surface area contributed by atoms with E-state index in [0.29, 0.717) is 40.3 Å². The van der Waals surface area contributed by atoms with E-state index in [-0.39, 0.29) is 11.5 Å². The third-order valence-electron chi connectivity index (χ3n) is 5.80. The predicted octanol–water partition coefficient (Wildman–Crippen LogP) is 4.94. The number of aromatic amines is 1. The SMILES string of the molecule is CC(C)(CC(O)(Cc1cc2cc(N)ncc2[nH]1)C(F)(F)F)c1cc(Cl)cc2c1OCC2. The first-order chi connectivity index (χ1) is 14.4. The van der Waals surface area contributed by atoms with Gasteiger partial charge in [0.15, 0.2) is 5.60 Å². The van der Waals surface area contributed by atoms with Crippen molar-refractivity contribution >= 4 is 28.3 Å². The molecule has 0 saturated heterocycles. The molecule has 9 heteroatoms. The van der Waals surface area contributed by atoms with E-state index < -0.39 is 30.0 Å². The van der Waals surface area contributed by atoms with Crippen LogP contribution in [-0.2, 0) is 18.3 Å². The van der Waals surface area contributed by atoms with Crippen LogP contribution in [0.3, 0.4) is 0 Å². The van der Waals surface area contributed by atoms with Gasteiger partial charge in [-0.15, -0.1) is 0 Å². The molecule has 4 rings (SSSR count). The highest BCUT2D eigenvalue weighted by Crippen LogP contribution is 2.47. The lowest BCUT2D eigenvalue weighted by Gasteiger charge is -2.38. The highest BCUT2D eigenvalue weighted by Gasteiger charge is 2.56. The molecule has 3 heterocycles. The standard InChI is InChI=1S/C22H23ClF3N3O2/c1-20(2,16-8-14(23)5-12-3-4-31-19(12)16)11-21(30,22(24,25)26)9-15-6-13-7-18(27)28-10-17(13)29-15/h5-8,10,29-30H,3-4,9,11H2,1-2H3,(H2,27,28). The molecule has 1 aliphatic rings. The van der Waals surface area contributed by atoms with Crippen molar-refractivity contribution in [2.45, 2.75) is 50.3 Å². The summed E-state index contributed by atoms with van der Waals surface area (Å²) >= 11 is 6.22. The van der Waals surface area contributed by atoms with E-state index in [1.54, 1.807) is 38.1 Å². The summed E-state index contributed by atoms with van der Waals surface area (Å²) in [6, 6.07) is 6.51. The summed E-state index contributed by atoms with van der Waals surface area (Å²) in [6.07, 6.45) is -3.97. The molecule has 0 aliphatic carbocycles. The summed E-state index contributed by atoms with van der Waals surface area (Å²) in [5.41, 5.74) is 3.83. The van der Waals surface area contributed by atoms with Crippen LogP contribution in [0.1, 0.15) is 37.1 Å². The maximum atomic E-state index is 14.2. The second-order valence-electron chi connectivity index (χ2n) is 8.80. The van der Waals surface area contributed by atoms with Crippen molar-refractivity contribution in [2.75, 3.05) is 12.3 Å². The number of aromatic nitrogens is 2. The lowest BCUT2D eigenvalue weighted by Crippen LogP contribution is -2.51. The van der Waals surface area contributed by atoms with Gasteiger partial charge in [-0.25, -0.2) is 4.98 Å². The van der Waals surface area contributed by atoms with Crippen LogP contribution in [0, 0.1) is 0 Å². The summed E-state index contributed by atoms with van der Waals surface area (Å²) < 4.78 is 48.2. The number of ether oxygens (including phenoxy) is 1. The van der Waals surface area contributed by atoms with Gasteiger partial charge in [0, 0.05) is 34.5 Å². The number of aliphatic hydroxyl groups is 1. The Bertz CT molecular complexity index is 1140. The number of nitrogens with zero attached hydrogens (tertiary/aromatic N) is 1. The van der Waals surface area contributed by atoms with Crippen molar-refractivity contribution < 1.29 is 23.0 Å². The number of rotatable bonds is 5. The largest absolute Gasteiger partial charge is 0.493 e. The molecular formula is C22H23ClF3N3O2. The van der Waals surface area contributed by atoms with Gasteiger partial charge in [0.1, 0.15) is 11.6 Å². The minimum Gasteiger partial charge on any atom is -0.493 e. The molecule has 166 valence electrons. The molecule has 1 aromatic carbocycles. The zero-order valence-corrected chi connectivity index (χ0v) is 17.9. The van der Waals surface area contributed by atoms with Crippen LogP contribution in [0.25, 0.3) is 10.9 Å². The molecule has 0 bridgehead atoms. The van der Waals surface area contributed by atoms with Crippen LogP contribution in [0.5, 0.6) is 5.75 Å². The molecular weight excluding hydrogens is 431 g/mol. The number of anilines is 1. The molecule has 0 spiro atoms. The van der Waals surface area contributed by atoms with E-state index in [1.807, 2.05) is 0 Å². The topological polar surface area (TPSA) is 84.2 Å². The average Bonchev–Trinajstić information content (AvgIpc) is 3.24. The minimum absolute atomic E-state index is 0.241. The highest BCUT2D eigenvalue weighted by molar-refractivity contribution is 6.30. The van der Waals surface area contributed by atoms with Gasteiger partial charge < -0.3 is 20.6 Å². The number of pyridine rings is 1. The fourth-order valence-electron chi connectivity index (χ4n) is 4.38. The van der Waals surface area contributed by atoms with Crippen molar-refractivity contribution in [2.24, 2.45) is 0 Å². The number of nitrogens with two attached hydrogens (primary N) is 1. The Morgan fingerprint density at radius 2 is 1.97 bits per heavy atom. The summed E-state index contributed by atoms with van der Waals surface area (Å²) in [4.78, 5) is 6.84. The summed E-state index contributed by atoms with van der Waals surface area (Å²) in [7, 11) is 0. The van der Waals surface area contributed by atoms with Gasteiger partial charge in [0.25, 0.3) is 0 Å². The monoisotopic (exact) mass is 453 g/mol. The molecule has 3 aromatic rings. The van der Waals surface area contributed by atoms with E-state index in [9.17, 15) is 18.3 Å². The highest BCUT2D eigenvalue weighted by atomic mass is 35.5. The Balaban J connectivity index is 1.71. The molecule has 0 radical (unpaired) electrons. The lowest BCUT2D eigenvalue weighted by molar-refractivity contribution is -0.266. The average molecular weight is 454 g/mol. The molecule has 1 aliphatic heterocycles. The van der Waals surface area contributed by atoms with Crippen LogP contribution < -0.4 is 10.5 Å². The first-order valence-corrected chi connectivity index (χ1v) is 10.2. The third-order valence-corrected chi connectivity index (χ3v) is 6.02. The lowest BCUT2D eigenvalue weighted by atomic mass is 9.73. The number of benzene rings is 1. The van der Waals surface area contributed by atoms with E-state index in [1.165, 1.54) is 6.20 Å². The molecule has 31 heavy (non-hydrogen) atoms. The zero-order valence-electron chi connectivity index (χ0n) is 17.1. The molecule has 2 aromatic heterocycles. The van der Waals surface area contributed by atoms with Crippen LogP contribution in [0.4, 0.5) is 19.0 Å². The maximum absolute atomic E-state index is 14.2. The quantitative estimate of drug-likeness (QED) is 0.511. The Hall–Kier alpha value is -2.45. The van der Waals surface area contributed by atoms with E-state index >= 15 is 0 Å². The van der Waals surface area contributed by atoms with Gasteiger partial charge >= 0.3 is 6.18 Å². The molecule has 1 atom stereocenters. The molecule has 5 nitrogen and oxygen atoms in total. The minimum atomic E-state index is -4.86. The third kappa shape index (κ3) is 4.06.